The van der Waals surface area contributed by atoms with E-state index in [-0.39, 0.29) is 5.91 Å². The van der Waals surface area contributed by atoms with Crippen LogP contribution in [0.5, 0.6) is 0 Å². The van der Waals surface area contributed by atoms with Crippen molar-refractivity contribution in [2.24, 2.45) is 5.92 Å². The third-order valence-electron chi connectivity index (χ3n) is 3.39. The SMILES string of the molecule is CN(CC1CCCNC1)C(=O)c1cc(F)cc(Br)c1. The Kier molecular flexibility index (Phi) is 4.93. The van der Waals surface area contributed by atoms with Crippen molar-refractivity contribution in [3.05, 3.63) is 34.1 Å². The molecule has 5 heteroatoms. The molecule has 1 aromatic rings. The molecule has 1 heterocycles. The number of hydrogen-bond donors (Lipinski definition) is 1. The van der Waals surface area contributed by atoms with Crippen LogP contribution < -0.4 is 5.32 Å². The summed E-state index contributed by atoms with van der Waals surface area (Å²) in [4.78, 5) is 13.9. The number of piperidine rings is 1. The van der Waals surface area contributed by atoms with Gasteiger partial charge in [-0.1, -0.05) is 15.9 Å². The highest BCUT2D eigenvalue weighted by Gasteiger charge is 2.19. The number of amides is 1. The van der Waals surface area contributed by atoms with Gasteiger partial charge in [-0.3, -0.25) is 4.79 Å². The highest BCUT2D eigenvalue weighted by molar-refractivity contribution is 9.10. The van der Waals surface area contributed by atoms with Gasteiger partial charge in [-0.05, 0) is 50.0 Å². The summed E-state index contributed by atoms with van der Waals surface area (Å²) in [5.41, 5.74) is 0.387. The average molecular weight is 329 g/mol. The van der Waals surface area contributed by atoms with Crippen LogP contribution in [-0.4, -0.2) is 37.5 Å². The Balaban J connectivity index is 2.01. The maximum absolute atomic E-state index is 13.3. The van der Waals surface area contributed by atoms with Crippen LogP contribution in [0.4, 0.5) is 4.39 Å². The Morgan fingerprint density at radius 2 is 2.32 bits per heavy atom. The molecule has 1 aliphatic rings. The minimum absolute atomic E-state index is 0.134. The van der Waals surface area contributed by atoms with Gasteiger partial charge >= 0.3 is 0 Å². The molecular weight excluding hydrogens is 311 g/mol. The fourth-order valence-corrected chi connectivity index (χ4v) is 2.91. The van der Waals surface area contributed by atoms with E-state index in [9.17, 15) is 9.18 Å². The molecule has 0 aromatic heterocycles. The summed E-state index contributed by atoms with van der Waals surface area (Å²) in [5, 5.41) is 3.33. The number of rotatable bonds is 3. The van der Waals surface area contributed by atoms with E-state index in [1.165, 1.54) is 12.1 Å². The Morgan fingerprint density at radius 1 is 1.53 bits per heavy atom. The smallest absolute Gasteiger partial charge is 0.253 e. The van der Waals surface area contributed by atoms with Gasteiger partial charge in [0.25, 0.3) is 5.91 Å². The molecule has 0 saturated carbocycles. The number of hydrogen-bond acceptors (Lipinski definition) is 2. The van der Waals surface area contributed by atoms with Gasteiger partial charge in [0.05, 0.1) is 0 Å². The molecule has 0 spiro atoms. The summed E-state index contributed by atoms with van der Waals surface area (Å²) in [6.45, 7) is 2.72. The number of nitrogens with one attached hydrogen (secondary N) is 1. The van der Waals surface area contributed by atoms with Gasteiger partial charge in [0, 0.05) is 23.6 Å². The van der Waals surface area contributed by atoms with Crippen LogP contribution in [0.1, 0.15) is 23.2 Å². The predicted octanol–water partition coefficient (Wildman–Crippen LogP) is 2.66. The second-order valence-corrected chi connectivity index (χ2v) is 5.97. The summed E-state index contributed by atoms with van der Waals surface area (Å²) in [6, 6.07) is 4.28. The zero-order valence-electron chi connectivity index (χ0n) is 11.0. The normalized spacial score (nSPS) is 19.2. The molecular formula is C14H18BrFN2O. The first kappa shape index (κ1) is 14.5. The van der Waals surface area contributed by atoms with Crippen molar-refractivity contribution in [3.8, 4) is 0 Å². The molecule has 1 saturated heterocycles. The second-order valence-electron chi connectivity index (χ2n) is 5.06. The molecule has 1 aliphatic heterocycles. The van der Waals surface area contributed by atoms with Crippen LogP contribution in [0.25, 0.3) is 0 Å². The fraction of sp³-hybridized carbons (Fsp3) is 0.500. The molecule has 1 unspecified atom stereocenters. The zero-order chi connectivity index (χ0) is 13.8. The Labute approximate surface area is 121 Å². The molecule has 1 N–H and O–H groups in total. The first-order chi connectivity index (χ1) is 9.06. The van der Waals surface area contributed by atoms with Crippen molar-refractivity contribution < 1.29 is 9.18 Å². The van der Waals surface area contributed by atoms with Crippen LogP contribution in [0.15, 0.2) is 22.7 Å². The van der Waals surface area contributed by atoms with E-state index in [0.29, 0.717) is 22.5 Å². The van der Waals surface area contributed by atoms with Crippen molar-refractivity contribution in [2.75, 3.05) is 26.7 Å². The van der Waals surface area contributed by atoms with E-state index in [0.717, 1.165) is 25.9 Å². The lowest BCUT2D eigenvalue weighted by Crippen LogP contribution is -2.39. The van der Waals surface area contributed by atoms with Gasteiger partial charge in [-0.15, -0.1) is 0 Å². The molecule has 1 aromatic carbocycles. The topological polar surface area (TPSA) is 32.3 Å². The van der Waals surface area contributed by atoms with Crippen molar-refractivity contribution in [3.63, 3.8) is 0 Å². The van der Waals surface area contributed by atoms with Crippen molar-refractivity contribution in [2.45, 2.75) is 12.8 Å². The summed E-state index contributed by atoms with van der Waals surface area (Å²) in [7, 11) is 1.77. The van der Waals surface area contributed by atoms with Crippen LogP contribution >= 0.6 is 15.9 Å². The highest BCUT2D eigenvalue weighted by Crippen LogP contribution is 2.17. The maximum atomic E-state index is 13.3. The van der Waals surface area contributed by atoms with Gasteiger partial charge in [0.1, 0.15) is 5.82 Å². The Morgan fingerprint density at radius 3 is 2.95 bits per heavy atom. The van der Waals surface area contributed by atoms with E-state index in [1.807, 2.05) is 0 Å². The molecule has 1 fully saturated rings. The third kappa shape index (κ3) is 4.01. The predicted molar refractivity (Wildman–Crippen MR) is 76.7 cm³/mol. The molecule has 104 valence electrons. The van der Waals surface area contributed by atoms with Crippen LogP contribution in [0.2, 0.25) is 0 Å². The zero-order valence-corrected chi connectivity index (χ0v) is 12.5. The summed E-state index contributed by atoms with van der Waals surface area (Å²) in [5.74, 6) is -0.0454. The quantitative estimate of drug-likeness (QED) is 0.925. The molecule has 19 heavy (non-hydrogen) atoms. The number of halogens is 2. The van der Waals surface area contributed by atoms with Crippen molar-refractivity contribution in [1.82, 2.24) is 10.2 Å². The molecule has 0 bridgehead atoms. The monoisotopic (exact) mass is 328 g/mol. The first-order valence-corrected chi connectivity index (χ1v) is 7.28. The van der Waals surface area contributed by atoms with E-state index in [1.54, 1.807) is 18.0 Å². The molecule has 0 aliphatic carbocycles. The fourth-order valence-electron chi connectivity index (χ4n) is 2.45. The van der Waals surface area contributed by atoms with E-state index < -0.39 is 5.82 Å². The van der Waals surface area contributed by atoms with Gasteiger partial charge in [-0.25, -0.2) is 4.39 Å². The van der Waals surface area contributed by atoms with Crippen molar-refractivity contribution in [1.29, 1.82) is 0 Å². The van der Waals surface area contributed by atoms with Gasteiger partial charge < -0.3 is 10.2 Å². The van der Waals surface area contributed by atoms with E-state index in [2.05, 4.69) is 21.2 Å². The van der Waals surface area contributed by atoms with E-state index in [4.69, 9.17) is 0 Å². The molecule has 1 atom stereocenters. The van der Waals surface area contributed by atoms with E-state index >= 15 is 0 Å². The number of benzene rings is 1. The first-order valence-electron chi connectivity index (χ1n) is 6.48. The Hall–Kier alpha value is -0.940. The number of carbonyl (C=O) groups is 1. The van der Waals surface area contributed by atoms with Crippen LogP contribution in [0, 0.1) is 11.7 Å². The summed E-state index contributed by atoms with van der Waals surface area (Å²) >= 11 is 3.21. The van der Waals surface area contributed by atoms with Gasteiger partial charge in [-0.2, -0.15) is 0 Å². The van der Waals surface area contributed by atoms with Gasteiger partial charge in [0.2, 0.25) is 0 Å². The lowest BCUT2D eigenvalue weighted by Gasteiger charge is -2.27. The van der Waals surface area contributed by atoms with Gasteiger partial charge in [0.15, 0.2) is 0 Å². The standard InChI is InChI=1S/C14H18BrFN2O/c1-18(9-10-3-2-4-17-8-10)14(19)11-5-12(15)7-13(16)6-11/h5-7,10,17H,2-4,8-9H2,1H3. The second kappa shape index (κ2) is 6.48. The lowest BCUT2D eigenvalue weighted by atomic mass is 9.99. The summed E-state index contributed by atoms with van der Waals surface area (Å²) in [6.07, 6.45) is 2.29. The van der Waals surface area contributed by atoms with Crippen molar-refractivity contribution >= 4 is 21.8 Å². The van der Waals surface area contributed by atoms with Crippen LogP contribution in [0.3, 0.4) is 0 Å². The third-order valence-corrected chi connectivity index (χ3v) is 3.85. The number of nitrogens with zero attached hydrogens (tertiary/aromatic N) is 1. The van der Waals surface area contributed by atoms with Crippen LogP contribution in [-0.2, 0) is 0 Å². The molecule has 0 radical (unpaired) electrons. The lowest BCUT2D eigenvalue weighted by molar-refractivity contribution is 0.0764. The molecule has 1 amide bonds. The average Bonchev–Trinajstić information content (AvgIpc) is 2.37. The minimum atomic E-state index is -0.398. The summed E-state index contributed by atoms with van der Waals surface area (Å²) < 4.78 is 13.9. The maximum Gasteiger partial charge on any atom is 0.253 e. The number of carbonyl (C=O) groups excluding carboxylic acids is 1. The largest absolute Gasteiger partial charge is 0.341 e. The minimum Gasteiger partial charge on any atom is -0.341 e. The highest BCUT2D eigenvalue weighted by atomic mass is 79.9. The Bertz CT molecular complexity index is 441. The molecule has 3 nitrogen and oxygen atoms in total. The molecule has 2 rings (SSSR count).